The van der Waals surface area contributed by atoms with Crippen LogP contribution in [0.1, 0.15) is 5.56 Å². The summed E-state index contributed by atoms with van der Waals surface area (Å²) in [5, 5.41) is 19.7. The lowest BCUT2D eigenvalue weighted by molar-refractivity contribution is -0.385. The highest BCUT2D eigenvalue weighted by atomic mass is 32.2. The average molecular weight is 286 g/mol. The normalized spacial score (nSPS) is 9.80. The molecular weight excluding hydrogens is 276 g/mol. The highest BCUT2D eigenvalue weighted by molar-refractivity contribution is 7.99. The Hall–Kier alpha value is -2.52. The van der Waals surface area contributed by atoms with Gasteiger partial charge >= 0.3 is 0 Å². The molecule has 0 amide bonds. The number of nitriles is 1. The Balaban J connectivity index is 2.25. The molecule has 0 atom stereocenters. The summed E-state index contributed by atoms with van der Waals surface area (Å²) in [6.45, 7) is 0. The number of nitro groups is 1. The van der Waals surface area contributed by atoms with Gasteiger partial charge in [0.05, 0.1) is 12.0 Å². The van der Waals surface area contributed by atoms with Crippen molar-refractivity contribution in [1.82, 2.24) is 0 Å². The average Bonchev–Trinajstić information content (AvgIpc) is 2.47. The smallest absolute Gasteiger partial charge is 0.287 e. The Labute approximate surface area is 120 Å². The fraction of sp³-hybridized carbons (Fsp3) is 0.0714. The summed E-state index contributed by atoms with van der Waals surface area (Å²) in [5.41, 5.74) is -0.111. The van der Waals surface area contributed by atoms with E-state index in [1.165, 1.54) is 23.9 Å². The molecule has 0 aromatic heterocycles. The van der Waals surface area contributed by atoms with Crippen molar-refractivity contribution < 1.29 is 9.66 Å². The van der Waals surface area contributed by atoms with Crippen molar-refractivity contribution in [3.63, 3.8) is 0 Å². The van der Waals surface area contributed by atoms with E-state index in [1.54, 1.807) is 13.2 Å². The zero-order valence-corrected chi connectivity index (χ0v) is 11.4. The van der Waals surface area contributed by atoms with Crippen LogP contribution in [-0.4, -0.2) is 12.0 Å². The number of nitro benzene ring substituents is 1. The zero-order valence-electron chi connectivity index (χ0n) is 10.6. The van der Waals surface area contributed by atoms with Crippen LogP contribution in [0.3, 0.4) is 0 Å². The predicted molar refractivity (Wildman–Crippen MR) is 74.9 cm³/mol. The second-order valence-electron chi connectivity index (χ2n) is 3.83. The van der Waals surface area contributed by atoms with Crippen molar-refractivity contribution in [3.8, 4) is 11.8 Å². The lowest BCUT2D eigenvalue weighted by atomic mass is 10.2. The van der Waals surface area contributed by atoms with E-state index in [2.05, 4.69) is 0 Å². The first-order valence-corrected chi connectivity index (χ1v) is 6.46. The van der Waals surface area contributed by atoms with Gasteiger partial charge in [0, 0.05) is 15.9 Å². The summed E-state index contributed by atoms with van der Waals surface area (Å²) in [7, 11) is 1.59. The molecule has 0 aliphatic rings. The maximum Gasteiger partial charge on any atom is 0.287 e. The summed E-state index contributed by atoms with van der Waals surface area (Å²) in [4.78, 5) is 11.9. The quantitative estimate of drug-likeness (QED) is 0.633. The Morgan fingerprint density at radius 3 is 2.40 bits per heavy atom. The standard InChI is InChI=1S/C14H10N2O3S/c1-19-11-2-4-12(5-3-11)20-13-6-7-14(16(17)18)10(8-13)9-15/h2-8H,1H3. The molecular formula is C14H10N2O3S. The third kappa shape index (κ3) is 3.08. The molecule has 100 valence electrons. The van der Waals surface area contributed by atoms with E-state index in [4.69, 9.17) is 10.00 Å². The summed E-state index contributed by atoms with van der Waals surface area (Å²) >= 11 is 1.43. The van der Waals surface area contributed by atoms with E-state index >= 15 is 0 Å². The molecule has 2 aromatic carbocycles. The molecule has 6 heteroatoms. The van der Waals surface area contributed by atoms with Gasteiger partial charge in [0.25, 0.3) is 5.69 Å². The van der Waals surface area contributed by atoms with Crippen molar-refractivity contribution in [2.75, 3.05) is 7.11 Å². The molecule has 0 heterocycles. The molecule has 0 fully saturated rings. The van der Waals surface area contributed by atoms with E-state index in [0.717, 1.165) is 15.5 Å². The molecule has 0 radical (unpaired) electrons. The van der Waals surface area contributed by atoms with Crippen LogP contribution in [0.5, 0.6) is 5.75 Å². The maximum atomic E-state index is 10.8. The highest BCUT2D eigenvalue weighted by Crippen LogP contribution is 2.31. The van der Waals surface area contributed by atoms with Crippen LogP contribution in [-0.2, 0) is 0 Å². The van der Waals surface area contributed by atoms with E-state index in [1.807, 2.05) is 30.3 Å². The first kappa shape index (κ1) is 13.9. The fourth-order valence-electron chi connectivity index (χ4n) is 1.61. The van der Waals surface area contributed by atoms with Crippen LogP contribution in [0, 0.1) is 21.4 Å². The molecule has 0 unspecified atom stereocenters. The van der Waals surface area contributed by atoms with Gasteiger partial charge in [-0.15, -0.1) is 0 Å². The van der Waals surface area contributed by atoms with Gasteiger partial charge in [-0.3, -0.25) is 10.1 Å². The van der Waals surface area contributed by atoms with Crippen LogP contribution >= 0.6 is 11.8 Å². The monoisotopic (exact) mass is 286 g/mol. The van der Waals surface area contributed by atoms with Crippen LogP contribution in [0.25, 0.3) is 0 Å². The third-order valence-corrected chi connectivity index (χ3v) is 3.58. The summed E-state index contributed by atoms with van der Waals surface area (Å²) in [6.07, 6.45) is 0. The first-order valence-electron chi connectivity index (χ1n) is 5.64. The minimum absolute atomic E-state index is 0.0634. The van der Waals surface area contributed by atoms with Gasteiger partial charge in [0.15, 0.2) is 0 Å². The van der Waals surface area contributed by atoms with Crippen molar-refractivity contribution in [2.24, 2.45) is 0 Å². The summed E-state index contributed by atoms with van der Waals surface area (Å²) < 4.78 is 5.07. The van der Waals surface area contributed by atoms with Gasteiger partial charge in [0.2, 0.25) is 0 Å². The van der Waals surface area contributed by atoms with Crippen LogP contribution in [0.15, 0.2) is 52.3 Å². The largest absolute Gasteiger partial charge is 0.497 e. The van der Waals surface area contributed by atoms with Gasteiger partial charge < -0.3 is 4.74 Å². The SMILES string of the molecule is COc1ccc(Sc2ccc([N+](=O)[O-])c(C#N)c2)cc1. The number of nitrogens with zero attached hydrogens (tertiary/aromatic N) is 2. The van der Waals surface area contributed by atoms with E-state index < -0.39 is 4.92 Å². The first-order chi connectivity index (χ1) is 9.63. The molecule has 0 N–H and O–H groups in total. The maximum absolute atomic E-state index is 10.8. The molecule has 0 bridgehead atoms. The minimum Gasteiger partial charge on any atom is -0.497 e. The van der Waals surface area contributed by atoms with Gasteiger partial charge in [-0.25, -0.2) is 0 Å². The number of methoxy groups -OCH3 is 1. The lowest BCUT2D eigenvalue weighted by Crippen LogP contribution is -1.92. The molecule has 2 rings (SSSR count). The summed E-state index contributed by atoms with van der Waals surface area (Å²) in [5.74, 6) is 0.760. The van der Waals surface area contributed by atoms with Crippen molar-refractivity contribution in [1.29, 1.82) is 5.26 Å². The van der Waals surface area contributed by atoms with Crippen LogP contribution in [0.2, 0.25) is 0 Å². The fourth-order valence-corrected chi connectivity index (χ4v) is 2.46. The molecule has 2 aromatic rings. The van der Waals surface area contributed by atoms with Gasteiger partial charge in [0.1, 0.15) is 17.4 Å². The predicted octanol–water partition coefficient (Wildman–Crippen LogP) is 3.63. The molecule has 0 aliphatic heterocycles. The second-order valence-corrected chi connectivity index (χ2v) is 4.97. The molecule has 0 aliphatic carbocycles. The van der Waals surface area contributed by atoms with Crippen molar-refractivity contribution >= 4 is 17.4 Å². The molecule has 0 saturated carbocycles. The Morgan fingerprint density at radius 2 is 1.85 bits per heavy atom. The van der Waals surface area contributed by atoms with Gasteiger partial charge in [-0.05, 0) is 36.4 Å². The number of ether oxygens (including phenoxy) is 1. The molecule has 20 heavy (non-hydrogen) atoms. The number of hydrogen-bond donors (Lipinski definition) is 0. The van der Waals surface area contributed by atoms with Crippen molar-refractivity contribution in [3.05, 3.63) is 58.1 Å². The Kier molecular flexibility index (Phi) is 4.23. The van der Waals surface area contributed by atoms with E-state index in [0.29, 0.717) is 0 Å². The number of benzene rings is 2. The zero-order chi connectivity index (χ0) is 14.5. The van der Waals surface area contributed by atoms with Crippen LogP contribution in [0.4, 0.5) is 5.69 Å². The number of rotatable bonds is 4. The third-order valence-electron chi connectivity index (χ3n) is 2.58. The van der Waals surface area contributed by atoms with Gasteiger partial charge in [-0.1, -0.05) is 11.8 Å². The van der Waals surface area contributed by atoms with E-state index in [-0.39, 0.29) is 11.3 Å². The lowest BCUT2D eigenvalue weighted by Gasteiger charge is -2.04. The molecule has 5 nitrogen and oxygen atoms in total. The van der Waals surface area contributed by atoms with Gasteiger partial charge in [-0.2, -0.15) is 5.26 Å². The Morgan fingerprint density at radius 1 is 1.20 bits per heavy atom. The molecule has 0 spiro atoms. The topological polar surface area (TPSA) is 76.2 Å². The summed E-state index contributed by atoms with van der Waals surface area (Å²) in [6, 6.07) is 13.8. The Bertz CT molecular complexity index is 678. The van der Waals surface area contributed by atoms with Crippen LogP contribution < -0.4 is 4.74 Å². The molecule has 0 saturated heterocycles. The second kappa shape index (κ2) is 6.08. The minimum atomic E-state index is -0.555. The van der Waals surface area contributed by atoms with Crippen molar-refractivity contribution in [2.45, 2.75) is 9.79 Å². The van der Waals surface area contributed by atoms with E-state index in [9.17, 15) is 10.1 Å². The number of hydrogen-bond acceptors (Lipinski definition) is 5. The highest BCUT2D eigenvalue weighted by Gasteiger charge is 2.14.